The summed E-state index contributed by atoms with van der Waals surface area (Å²) in [6.45, 7) is 2.64. The van der Waals surface area contributed by atoms with Crippen LogP contribution in [-0.4, -0.2) is 12.4 Å². The van der Waals surface area contributed by atoms with Gasteiger partial charge in [0.2, 0.25) is 0 Å². The number of hydrogen-bond donors (Lipinski definition) is 1. The van der Waals surface area contributed by atoms with Crippen molar-refractivity contribution >= 4 is 33.1 Å². The Bertz CT molecular complexity index is 828. The Labute approximate surface area is 156 Å². The average Bonchev–Trinajstić information content (AvgIpc) is 2.65. The van der Waals surface area contributed by atoms with E-state index in [-0.39, 0.29) is 0 Å². The first-order valence-corrected chi connectivity index (χ1v) is 8.93. The van der Waals surface area contributed by atoms with Crippen LogP contribution in [0.5, 0.6) is 5.75 Å². The molecule has 0 aliphatic rings. The molecule has 0 fully saturated rings. The van der Waals surface area contributed by atoms with Gasteiger partial charge in [-0.1, -0.05) is 46.3 Å². The van der Waals surface area contributed by atoms with Crippen LogP contribution < -0.4 is 10.1 Å². The quantitative estimate of drug-likeness (QED) is 0.422. The second-order valence-electron chi connectivity index (χ2n) is 5.39. The van der Waals surface area contributed by atoms with Gasteiger partial charge in [-0.15, -0.1) is 0 Å². The first-order valence-electron chi connectivity index (χ1n) is 8.14. The predicted octanol–water partition coefficient (Wildman–Crippen LogP) is 6.04. The van der Waals surface area contributed by atoms with Gasteiger partial charge in [-0.3, -0.25) is 0 Å². The fourth-order valence-electron chi connectivity index (χ4n) is 2.34. The number of rotatable bonds is 5. The molecule has 0 unspecified atom stereocenters. The number of anilines is 1. The lowest BCUT2D eigenvalue weighted by molar-refractivity contribution is 0.340. The van der Waals surface area contributed by atoms with E-state index in [9.17, 15) is 0 Å². The van der Waals surface area contributed by atoms with Crippen molar-refractivity contribution in [3.05, 3.63) is 88.9 Å². The monoisotopic (exact) mass is 394 g/mol. The molecule has 0 saturated heterocycles. The van der Waals surface area contributed by atoms with Crippen LogP contribution in [0.3, 0.4) is 0 Å². The number of nitrogens with zero attached hydrogens (tertiary/aromatic N) is 1. The molecule has 0 spiro atoms. The molecule has 0 atom stereocenters. The Kier molecular flexibility index (Phi) is 5.86. The van der Waals surface area contributed by atoms with E-state index in [0.717, 1.165) is 33.0 Å². The molecule has 0 amide bonds. The second-order valence-corrected chi connectivity index (χ2v) is 6.30. The lowest BCUT2D eigenvalue weighted by Gasteiger charge is -2.11. The summed E-state index contributed by atoms with van der Waals surface area (Å²) < 4.78 is 6.53. The summed E-state index contributed by atoms with van der Waals surface area (Å²) >= 11 is 3.45. The van der Waals surface area contributed by atoms with E-state index in [0.29, 0.717) is 6.61 Å². The van der Waals surface area contributed by atoms with Crippen molar-refractivity contribution in [1.82, 2.24) is 0 Å². The van der Waals surface area contributed by atoms with Gasteiger partial charge in [0.15, 0.2) is 0 Å². The number of aliphatic imine (C=N–C) groups is 1. The van der Waals surface area contributed by atoms with Gasteiger partial charge in [-0.05, 0) is 55.5 Å². The zero-order valence-corrected chi connectivity index (χ0v) is 15.5. The number of amidine groups is 1. The van der Waals surface area contributed by atoms with Crippen molar-refractivity contribution in [3.8, 4) is 5.75 Å². The first-order chi connectivity index (χ1) is 12.2. The summed E-state index contributed by atoms with van der Waals surface area (Å²) in [6.07, 6.45) is 0. The molecular weight excluding hydrogens is 376 g/mol. The van der Waals surface area contributed by atoms with Gasteiger partial charge in [-0.2, -0.15) is 0 Å². The third-order valence-corrected chi connectivity index (χ3v) is 4.07. The maximum absolute atomic E-state index is 5.49. The normalized spacial score (nSPS) is 11.2. The largest absolute Gasteiger partial charge is 0.494 e. The van der Waals surface area contributed by atoms with Crippen molar-refractivity contribution in [2.45, 2.75) is 6.92 Å². The third kappa shape index (κ3) is 4.94. The van der Waals surface area contributed by atoms with Crippen LogP contribution in [0.25, 0.3) is 0 Å². The second kappa shape index (κ2) is 8.49. The molecule has 3 rings (SSSR count). The molecule has 3 aromatic rings. The molecule has 126 valence electrons. The van der Waals surface area contributed by atoms with Crippen molar-refractivity contribution in [2.75, 3.05) is 11.9 Å². The number of benzene rings is 3. The first kappa shape index (κ1) is 17.2. The van der Waals surface area contributed by atoms with Gasteiger partial charge < -0.3 is 10.1 Å². The molecule has 3 aromatic carbocycles. The van der Waals surface area contributed by atoms with E-state index in [4.69, 9.17) is 9.73 Å². The molecule has 3 nitrogen and oxygen atoms in total. The van der Waals surface area contributed by atoms with Gasteiger partial charge in [0.1, 0.15) is 11.6 Å². The molecule has 0 radical (unpaired) electrons. The molecule has 0 aromatic heterocycles. The van der Waals surface area contributed by atoms with Crippen LogP contribution in [0.4, 0.5) is 11.4 Å². The topological polar surface area (TPSA) is 33.6 Å². The summed E-state index contributed by atoms with van der Waals surface area (Å²) in [7, 11) is 0. The van der Waals surface area contributed by atoms with Gasteiger partial charge >= 0.3 is 0 Å². The molecule has 1 N–H and O–H groups in total. The summed E-state index contributed by atoms with van der Waals surface area (Å²) in [6, 6.07) is 25.9. The Morgan fingerprint density at radius 2 is 1.60 bits per heavy atom. The SMILES string of the molecule is CCOc1ccc(NC(=Nc2ccc(Br)cc2)c2ccccc2)cc1. The van der Waals surface area contributed by atoms with E-state index in [1.807, 2.05) is 85.8 Å². The lowest BCUT2D eigenvalue weighted by atomic mass is 10.2. The zero-order chi connectivity index (χ0) is 17.5. The molecule has 4 heteroatoms. The van der Waals surface area contributed by atoms with E-state index in [2.05, 4.69) is 21.2 Å². The smallest absolute Gasteiger partial charge is 0.138 e. The van der Waals surface area contributed by atoms with Crippen LogP contribution in [0.2, 0.25) is 0 Å². The van der Waals surface area contributed by atoms with Gasteiger partial charge in [0.25, 0.3) is 0 Å². The van der Waals surface area contributed by atoms with Crippen molar-refractivity contribution in [1.29, 1.82) is 0 Å². The highest BCUT2D eigenvalue weighted by Gasteiger charge is 2.05. The van der Waals surface area contributed by atoms with Crippen molar-refractivity contribution < 1.29 is 4.74 Å². The molecular formula is C21H19BrN2O. The van der Waals surface area contributed by atoms with Gasteiger partial charge in [0, 0.05) is 15.7 Å². The standard InChI is InChI=1S/C21H19BrN2O/c1-2-25-20-14-12-19(13-15-20)24-21(16-6-4-3-5-7-16)23-18-10-8-17(22)9-11-18/h3-15H,2H2,1H3,(H,23,24). The van der Waals surface area contributed by atoms with Gasteiger partial charge in [0.05, 0.1) is 12.3 Å². The molecule has 0 aliphatic heterocycles. The molecule has 0 bridgehead atoms. The van der Waals surface area contributed by atoms with Crippen molar-refractivity contribution in [3.63, 3.8) is 0 Å². The predicted molar refractivity (Wildman–Crippen MR) is 108 cm³/mol. The fourth-order valence-corrected chi connectivity index (χ4v) is 2.61. The van der Waals surface area contributed by atoms with Crippen LogP contribution in [0.15, 0.2) is 88.3 Å². The summed E-state index contributed by atoms with van der Waals surface area (Å²) in [4.78, 5) is 4.78. The van der Waals surface area contributed by atoms with Crippen LogP contribution in [0.1, 0.15) is 12.5 Å². The van der Waals surface area contributed by atoms with Gasteiger partial charge in [-0.25, -0.2) is 4.99 Å². The number of halogens is 1. The molecule has 0 aliphatic carbocycles. The Balaban J connectivity index is 1.90. The highest BCUT2D eigenvalue weighted by atomic mass is 79.9. The highest BCUT2D eigenvalue weighted by molar-refractivity contribution is 9.10. The zero-order valence-electron chi connectivity index (χ0n) is 13.9. The van der Waals surface area contributed by atoms with E-state index in [1.54, 1.807) is 0 Å². The summed E-state index contributed by atoms with van der Waals surface area (Å²) in [5.74, 6) is 1.66. The summed E-state index contributed by atoms with van der Waals surface area (Å²) in [5, 5.41) is 3.41. The minimum atomic E-state index is 0.660. The van der Waals surface area contributed by atoms with Crippen molar-refractivity contribution in [2.24, 2.45) is 4.99 Å². The Morgan fingerprint density at radius 1 is 0.920 bits per heavy atom. The minimum Gasteiger partial charge on any atom is -0.494 e. The number of hydrogen-bond acceptors (Lipinski definition) is 2. The number of nitrogens with one attached hydrogen (secondary N) is 1. The maximum Gasteiger partial charge on any atom is 0.138 e. The van der Waals surface area contributed by atoms with E-state index in [1.165, 1.54) is 0 Å². The number of ether oxygens (including phenoxy) is 1. The highest BCUT2D eigenvalue weighted by Crippen LogP contribution is 2.20. The molecule has 25 heavy (non-hydrogen) atoms. The molecule has 0 heterocycles. The maximum atomic E-state index is 5.49. The lowest BCUT2D eigenvalue weighted by Crippen LogP contribution is -2.13. The third-order valence-electron chi connectivity index (χ3n) is 3.54. The summed E-state index contributed by atoms with van der Waals surface area (Å²) in [5.41, 5.74) is 2.88. The van der Waals surface area contributed by atoms with E-state index < -0.39 is 0 Å². The van der Waals surface area contributed by atoms with Crippen LogP contribution in [-0.2, 0) is 0 Å². The van der Waals surface area contributed by atoms with Crippen LogP contribution >= 0.6 is 15.9 Å². The van der Waals surface area contributed by atoms with Crippen LogP contribution in [0, 0.1) is 0 Å². The molecule has 0 saturated carbocycles. The van der Waals surface area contributed by atoms with E-state index >= 15 is 0 Å². The average molecular weight is 395 g/mol. The Hall–Kier alpha value is -2.59. The minimum absolute atomic E-state index is 0.660. The fraction of sp³-hybridized carbons (Fsp3) is 0.0952. The Morgan fingerprint density at radius 3 is 2.24 bits per heavy atom.